The Bertz CT molecular complexity index is 1280. The van der Waals surface area contributed by atoms with Gasteiger partial charge in [0, 0.05) is 41.3 Å². The van der Waals surface area contributed by atoms with E-state index in [4.69, 9.17) is 4.52 Å². The Hall–Kier alpha value is -3.32. The Morgan fingerprint density at radius 1 is 0.833 bits per heavy atom. The van der Waals surface area contributed by atoms with Crippen LogP contribution in [0.5, 0.6) is 0 Å². The zero-order valence-electron chi connectivity index (χ0n) is 16.9. The summed E-state index contributed by atoms with van der Waals surface area (Å²) in [6, 6.07) is 15.1. The zero-order valence-corrected chi connectivity index (χ0v) is 17.7. The minimum atomic E-state index is -3.35. The third-order valence-corrected chi connectivity index (χ3v) is 7.00. The first kappa shape index (κ1) is 20.0. The average Bonchev–Trinajstić information content (AvgIpc) is 3.25. The number of nitrogens with zero attached hydrogens (tertiary/aromatic N) is 3. The minimum absolute atomic E-state index is 0.211. The summed E-state index contributed by atoms with van der Waals surface area (Å²) in [5.41, 5.74) is 5.05. The predicted octanol–water partition coefficient (Wildman–Crippen LogP) is 4.96. The second kappa shape index (κ2) is 7.84. The molecule has 6 nitrogen and oxygen atoms in total. The van der Waals surface area contributed by atoms with Crippen molar-refractivity contribution in [2.75, 3.05) is 0 Å². The van der Waals surface area contributed by atoms with Crippen LogP contribution in [0.2, 0.25) is 0 Å². The summed E-state index contributed by atoms with van der Waals surface area (Å²) >= 11 is 0. The van der Waals surface area contributed by atoms with Crippen LogP contribution in [0.15, 0.2) is 76.5 Å². The highest BCUT2D eigenvalue weighted by molar-refractivity contribution is 7.92. The van der Waals surface area contributed by atoms with Crippen molar-refractivity contribution in [3.63, 3.8) is 0 Å². The third kappa shape index (κ3) is 3.89. The molecule has 0 fully saturated rings. The number of sulfone groups is 1. The fourth-order valence-corrected chi connectivity index (χ4v) is 3.98. The van der Waals surface area contributed by atoms with Crippen molar-refractivity contribution in [2.24, 2.45) is 0 Å². The first-order chi connectivity index (χ1) is 14.3. The van der Waals surface area contributed by atoms with Gasteiger partial charge in [-0.05, 0) is 39.0 Å². The molecular formula is C23H21N3O3S. The highest BCUT2D eigenvalue weighted by atomic mass is 32.2. The molecule has 4 rings (SSSR count). The molecule has 0 aliphatic heterocycles. The smallest absolute Gasteiger partial charge is 0.182 e. The number of rotatable bonds is 5. The molecule has 7 heteroatoms. The Balaban J connectivity index is 1.63. The van der Waals surface area contributed by atoms with E-state index in [1.54, 1.807) is 38.4 Å². The van der Waals surface area contributed by atoms with E-state index in [1.807, 2.05) is 43.3 Å². The van der Waals surface area contributed by atoms with E-state index in [0.717, 1.165) is 22.4 Å². The molecule has 0 saturated heterocycles. The minimum Gasteiger partial charge on any atom is -0.356 e. The van der Waals surface area contributed by atoms with Gasteiger partial charge in [-0.1, -0.05) is 35.0 Å². The van der Waals surface area contributed by atoms with Gasteiger partial charge in [0.1, 0.15) is 5.69 Å². The van der Waals surface area contributed by atoms with E-state index in [9.17, 15) is 8.42 Å². The highest BCUT2D eigenvalue weighted by Gasteiger charge is 2.19. The van der Waals surface area contributed by atoms with E-state index >= 15 is 0 Å². The van der Waals surface area contributed by atoms with Gasteiger partial charge in [-0.15, -0.1) is 0 Å². The van der Waals surface area contributed by atoms with Crippen LogP contribution in [0.4, 0.5) is 0 Å². The Kier molecular flexibility index (Phi) is 5.22. The molecule has 0 N–H and O–H groups in total. The lowest BCUT2D eigenvalue weighted by atomic mass is 10.1. The summed E-state index contributed by atoms with van der Waals surface area (Å²) in [4.78, 5) is 8.82. The molecule has 30 heavy (non-hydrogen) atoms. The molecule has 0 aliphatic carbocycles. The molecule has 4 aromatic rings. The van der Waals surface area contributed by atoms with Gasteiger partial charge in [0.05, 0.1) is 15.8 Å². The SMILES string of the molecule is Cc1ccc(-c2cc(-c3cncc(-c4ccc(S(=O)(=O)C(C)C)cn4)c3)on2)cc1. The van der Waals surface area contributed by atoms with E-state index in [2.05, 4.69) is 15.1 Å². The quantitative estimate of drug-likeness (QED) is 0.455. The van der Waals surface area contributed by atoms with Gasteiger partial charge < -0.3 is 4.52 Å². The fourth-order valence-electron chi connectivity index (χ4n) is 2.98. The van der Waals surface area contributed by atoms with E-state index in [1.165, 1.54) is 11.8 Å². The second-order valence-corrected chi connectivity index (χ2v) is 9.88. The predicted molar refractivity (Wildman–Crippen MR) is 115 cm³/mol. The highest BCUT2D eigenvalue weighted by Crippen LogP contribution is 2.28. The maximum atomic E-state index is 12.3. The molecule has 0 radical (unpaired) electrons. The first-order valence-corrected chi connectivity index (χ1v) is 11.1. The molecular weight excluding hydrogens is 398 g/mol. The van der Waals surface area contributed by atoms with Crippen molar-refractivity contribution >= 4 is 9.84 Å². The number of benzene rings is 1. The fraction of sp³-hybridized carbons (Fsp3) is 0.174. The lowest BCUT2D eigenvalue weighted by Crippen LogP contribution is -2.14. The van der Waals surface area contributed by atoms with Crippen LogP contribution in [0.25, 0.3) is 33.8 Å². The summed E-state index contributed by atoms with van der Waals surface area (Å²) in [6.45, 7) is 5.34. The monoisotopic (exact) mass is 419 g/mol. The molecule has 0 spiro atoms. The van der Waals surface area contributed by atoms with Crippen molar-refractivity contribution in [2.45, 2.75) is 30.9 Å². The van der Waals surface area contributed by atoms with Gasteiger partial charge in [0.2, 0.25) is 0 Å². The van der Waals surface area contributed by atoms with Gasteiger partial charge in [0.15, 0.2) is 15.6 Å². The molecule has 3 aromatic heterocycles. The normalized spacial score (nSPS) is 11.7. The van der Waals surface area contributed by atoms with Gasteiger partial charge in [-0.2, -0.15) is 0 Å². The van der Waals surface area contributed by atoms with Gasteiger partial charge in [-0.25, -0.2) is 8.42 Å². The van der Waals surface area contributed by atoms with Crippen LogP contribution in [0.3, 0.4) is 0 Å². The lowest BCUT2D eigenvalue weighted by Gasteiger charge is -2.08. The van der Waals surface area contributed by atoms with Crippen molar-refractivity contribution in [1.29, 1.82) is 0 Å². The first-order valence-electron chi connectivity index (χ1n) is 9.54. The average molecular weight is 420 g/mol. The van der Waals surface area contributed by atoms with Crippen molar-refractivity contribution in [1.82, 2.24) is 15.1 Å². The van der Waals surface area contributed by atoms with Crippen LogP contribution >= 0.6 is 0 Å². The third-order valence-electron chi connectivity index (χ3n) is 4.86. The Morgan fingerprint density at radius 2 is 1.57 bits per heavy atom. The molecule has 0 atom stereocenters. The van der Waals surface area contributed by atoms with Crippen molar-refractivity contribution < 1.29 is 12.9 Å². The van der Waals surface area contributed by atoms with Crippen LogP contribution in [0, 0.1) is 6.92 Å². The van der Waals surface area contributed by atoms with Crippen LogP contribution < -0.4 is 0 Å². The standard InChI is InChI=1S/C23H21N3O3S/c1-15(2)30(27,28)20-8-9-21(25-14-20)18-10-19(13-24-12-18)23-11-22(26-29-23)17-6-4-16(3)5-7-17/h4-15H,1-3H3. The summed E-state index contributed by atoms with van der Waals surface area (Å²) in [7, 11) is -3.35. The number of hydrogen-bond donors (Lipinski definition) is 0. The number of aromatic nitrogens is 3. The van der Waals surface area contributed by atoms with E-state index in [0.29, 0.717) is 11.5 Å². The van der Waals surface area contributed by atoms with Crippen LogP contribution in [-0.2, 0) is 9.84 Å². The molecule has 0 aliphatic rings. The molecule has 0 bridgehead atoms. The van der Waals surface area contributed by atoms with Gasteiger partial charge >= 0.3 is 0 Å². The molecule has 3 heterocycles. The lowest BCUT2D eigenvalue weighted by molar-refractivity contribution is 0.435. The summed E-state index contributed by atoms with van der Waals surface area (Å²) in [5.74, 6) is 0.596. The summed E-state index contributed by atoms with van der Waals surface area (Å²) in [6.07, 6.45) is 4.77. The summed E-state index contributed by atoms with van der Waals surface area (Å²) < 4.78 is 30.1. The molecule has 0 amide bonds. The van der Waals surface area contributed by atoms with Gasteiger partial charge in [-0.3, -0.25) is 9.97 Å². The maximum Gasteiger partial charge on any atom is 0.182 e. The molecule has 152 valence electrons. The Morgan fingerprint density at radius 3 is 2.23 bits per heavy atom. The number of hydrogen-bond acceptors (Lipinski definition) is 6. The number of pyridine rings is 2. The molecule has 0 unspecified atom stereocenters. The largest absolute Gasteiger partial charge is 0.356 e. The Labute approximate surface area is 175 Å². The van der Waals surface area contributed by atoms with E-state index < -0.39 is 15.1 Å². The second-order valence-electron chi connectivity index (χ2n) is 7.38. The zero-order chi connectivity index (χ0) is 21.3. The topological polar surface area (TPSA) is 86.0 Å². The van der Waals surface area contributed by atoms with Crippen molar-refractivity contribution in [3.8, 4) is 33.8 Å². The molecule has 1 aromatic carbocycles. The molecule has 0 saturated carbocycles. The summed E-state index contributed by atoms with van der Waals surface area (Å²) in [5, 5.41) is 3.67. The van der Waals surface area contributed by atoms with Gasteiger partial charge in [0.25, 0.3) is 0 Å². The maximum absolute atomic E-state index is 12.3. The van der Waals surface area contributed by atoms with Crippen molar-refractivity contribution in [3.05, 3.63) is 72.7 Å². The number of aryl methyl sites for hydroxylation is 1. The van der Waals surface area contributed by atoms with E-state index in [-0.39, 0.29) is 4.90 Å². The van der Waals surface area contributed by atoms with Crippen LogP contribution in [0.1, 0.15) is 19.4 Å². The van der Waals surface area contributed by atoms with Crippen LogP contribution in [-0.4, -0.2) is 28.8 Å².